The van der Waals surface area contributed by atoms with Crippen molar-refractivity contribution in [3.05, 3.63) is 47.1 Å². The molecule has 1 aliphatic heterocycles. The normalized spacial score (nSPS) is 16.3. The fraction of sp³-hybridized carbons (Fsp3) is 0.556. The van der Waals surface area contributed by atoms with Crippen molar-refractivity contribution in [2.75, 3.05) is 57.5 Å². The van der Waals surface area contributed by atoms with Crippen LogP contribution in [-0.4, -0.2) is 95.1 Å². The minimum atomic E-state index is -0.411. The number of carbonyl (C=O) groups is 2. The van der Waals surface area contributed by atoms with Crippen molar-refractivity contribution in [2.45, 2.75) is 45.4 Å². The van der Waals surface area contributed by atoms with Gasteiger partial charge in [-0.05, 0) is 26.6 Å². The quantitative estimate of drug-likeness (QED) is 0.268. The Morgan fingerprint density at radius 1 is 1.11 bits per heavy atom. The Kier molecular flexibility index (Phi) is 10.2. The molecule has 0 saturated carbocycles. The number of benzene rings is 1. The summed E-state index contributed by atoms with van der Waals surface area (Å²) >= 11 is 7.66. The molecule has 2 heterocycles. The van der Waals surface area contributed by atoms with Crippen LogP contribution in [0.3, 0.4) is 0 Å². The maximum atomic E-state index is 13.2. The number of rotatable bonds is 9. The van der Waals surface area contributed by atoms with Crippen LogP contribution in [0.25, 0.3) is 0 Å². The summed E-state index contributed by atoms with van der Waals surface area (Å²) in [5, 5.41) is 0.818. The fourth-order valence-corrected chi connectivity index (χ4v) is 5.13. The van der Waals surface area contributed by atoms with E-state index in [4.69, 9.17) is 16.6 Å². The average molecular weight is 547 g/mol. The maximum absolute atomic E-state index is 13.2. The van der Waals surface area contributed by atoms with E-state index in [-0.39, 0.29) is 23.6 Å². The molecule has 10 heteroatoms. The number of amides is 2. The zero-order valence-corrected chi connectivity index (χ0v) is 24.3. The minimum Gasteiger partial charge on any atom is -0.353 e. The average Bonchev–Trinajstić information content (AvgIpc) is 2.84. The van der Waals surface area contributed by atoms with E-state index in [1.807, 2.05) is 75.0 Å². The van der Waals surface area contributed by atoms with Gasteiger partial charge in [0.25, 0.3) is 0 Å². The fourth-order valence-electron chi connectivity index (χ4n) is 4.14. The highest BCUT2D eigenvalue weighted by molar-refractivity contribution is 7.99. The third-order valence-corrected chi connectivity index (χ3v) is 7.25. The smallest absolute Gasteiger partial charge is 0.233 e. The van der Waals surface area contributed by atoms with E-state index in [0.29, 0.717) is 43.0 Å². The SMILES string of the molecule is CC1CN(c2cc(Cl)nc(SCC(=O)N(CCN(C)C)Cc3ccccc3)n2)CCN1C(=O)C(C)(C)C. The molecule has 1 aliphatic rings. The molecule has 1 saturated heterocycles. The summed E-state index contributed by atoms with van der Waals surface area (Å²) in [4.78, 5) is 43.1. The highest BCUT2D eigenvalue weighted by Gasteiger charge is 2.34. The molecule has 3 rings (SSSR count). The van der Waals surface area contributed by atoms with Crippen molar-refractivity contribution in [3.63, 3.8) is 0 Å². The Morgan fingerprint density at radius 3 is 2.43 bits per heavy atom. The van der Waals surface area contributed by atoms with E-state index in [0.717, 1.165) is 17.9 Å². The lowest BCUT2D eigenvalue weighted by Crippen LogP contribution is -2.56. The lowest BCUT2D eigenvalue weighted by molar-refractivity contribution is -0.142. The van der Waals surface area contributed by atoms with E-state index in [2.05, 4.69) is 21.7 Å². The number of thioether (sulfide) groups is 1. The number of hydrogen-bond acceptors (Lipinski definition) is 7. The summed E-state index contributed by atoms with van der Waals surface area (Å²) in [7, 11) is 4.00. The number of likely N-dealkylation sites (N-methyl/N-ethyl adjacent to an activating group) is 1. The largest absolute Gasteiger partial charge is 0.353 e. The molecule has 1 aromatic carbocycles. The summed E-state index contributed by atoms with van der Waals surface area (Å²) in [5.41, 5.74) is 0.686. The van der Waals surface area contributed by atoms with Crippen LogP contribution in [0, 0.1) is 5.41 Å². The molecule has 8 nitrogen and oxygen atoms in total. The van der Waals surface area contributed by atoms with E-state index in [1.165, 1.54) is 11.8 Å². The second kappa shape index (κ2) is 12.9. The van der Waals surface area contributed by atoms with Gasteiger partial charge in [0.05, 0.1) is 5.75 Å². The predicted octanol–water partition coefficient (Wildman–Crippen LogP) is 3.90. The van der Waals surface area contributed by atoms with E-state index in [9.17, 15) is 9.59 Å². The first-order chi connectivity index (χ1) is 17.4. The summed E-state index contributed by atoms with van der Waals surface area (Å²) in [6.45, 7) is 11.8. The molecule has 1 atom stereocenters. The molecular weight excluding hydrogens is 508 g/mol. The molecule has 37 heavy (non-hydrogen) atoms. The van der Waals surface area contributed by atoms with Crippen molar-refractivity contribution in [2.24, 2.45) is 5.41 Å². The van der Waals surface area contributed by atoms with Gasteiger partial charge in [0.1, 0.15) is 11.0 Å². The molecule has 1 fully saturated rings. The zero-order chi connectivity index (χ0) is 27.2. The van der Waals surface area contributed by atoms with Gasteiger partial charge < -0.3 is 19.6 Å². The third-order valence-electron chi connectivity index (χ3n) is 6.23. The Bertz CT molecular complexity index is 1060. The monoisotopic (exact) mass is 546 g/mol. The first kappa shape index (κ1) is 29.2. The van der Waals surface area contributed by atoms with Crippen molar-refractivity contribution < 1.29 is 9.59 Å². The molecule has 0 aliphatic carbocycles. The van der Waals surface area contributed by atoms with Crippen molar-refractivity contribution >= 4 is 41.0 Å². The minimum absolute atomic E-state index is 0.0313. The molecule has 1 unspecified atom stereocenters. The van der Waals surface area contributed by atoms with Gasteiger partial charge in [-0.1, -0.05) is 74.5 Å². The Balaban J connectivity index is 1.65. The topological polar surface area (TPSA) is 72.9 Å². The first-order valence-corrected chi connectivity index (χ1v) is 14.0. The number of anilines is 1. The maximum Gasteiger partial charge on any atom is 0.233 e. The van der Waals surface area contributed by atoms with Crippen LogP contribution in [0.1, 0.15) is 33.3 Å². The summed E-state index contributed by atoms with van der Waals surface area (Å²) in [6.07, 6.45) is 0. The molecular formula is C27H39ClN6O2S. The second-order valence-corrected chi connectivity index (χ2v) is 12.1. The van der Waals surface area contributed by atoms with Gasteiger partial charge in [0, 0.05) is 56.8 Å². The molecule has 2 aromatic rings. The van der Waals surface area contributed by atoms with Gasteiger partial charge in [-0.3, -0.25) is 9.59 Å². The van der Waals surface area contributed by atoms with Gasteiger partial charge in [-0.2, -0.15) is 0 Å². The zero-order valence-electron chi connectivity index (χ0n) is 22.8. The van der Waals surface area contributed by atoms with E-state index in [1.54, 1.807) is 6.07 Å². The third kappa shape index (κ3) is 8.58. The van der Waals surface area contributed by atoms with Gasteiger partial charge in [0.15, 0.2) is 5.16 Å². The molecule has 2 amide bonds. The van der Waals surface area contributed by atoms with Crippen molar-refractivity contribution in [1.29, 1.82) is 0 Å². The van der Waals surface area contributed by atoms with Crippen LogP contribution < -0.4 is 4.90 Å². The predicted molar refractivity (Wildman–Crippen MR) is 151 cm³/mol. The van der Waals surface area contributed by atoms with Crippen LogP contribution in [0.4, 0.5) is 5.82 Å². The van der Waals surface area contributed by atoms with Gasteiger partial charge in [-0.25, -0.2) is 9.97 Å². The molecule has 0 spiro atoms. The highest BCUT2D eigenvalue weighted by atomic mass is 35.5. The standard InChI is InChI=1S/C27H39ClN6O2S/c1-20-17-32(14-15-34(20)25(36)27(2,3)4)23-16-22(28)29-26(30-23)37-19-24(35)33(13-12-31(5)6)18-21-10-8-7-9-11-21/h7-11,16,20H,12-15,17-19H2,1-6H3. The summed E-state index contributed by atoms with van der Waals surface area (Å²) in [5.74, 6) is 1.14. The lowest BCUT2D eigenvalue weighted by atomic mass is 9.93. The van der Waals surface area contributed by atoms with E-state index >= 15 is 0 Å². The lowest BCUT2D eigenvalue weighted by Gasteiger charge is -2.42. The van der Waals surface area contributed by atoms with Gasteiger partial charge in [0.2, 0.25) is 11.8 Å². The van der Waals surface area contributed by atoms with Gasteiger partial charge in [-0.15, -0.1) is 0 Å². The molecule has 0 radical (unpaired) electrons. The molecule has 202 valence electrons. The van der Waals surface area contributed by atoms with Crippen LogP contribution in [0.5, 0.6) is 0 Å². The second-order valence-electron chi connectivity index (χ2n) is 10.8. The van der Waals surface area contributed by atoms with Crippen molar-refractivity contribution in [1.82, 2.24) is 24.7 Å². The van der Waals surface area contributed by atoms with Crippen molar-refractivity contribution in [3.8, 4) is 0 Å². The van der Waals surface area contributed by atoms with Crippen LogP contribution in [-0.2, 0) is 16.1 Å². The number of aromatic nitrogens is 2. The number of hydrogen-bond donors (Lipinski definition) is 0. The Morgan fingerprint density at radius 2 is 1.81 bits per heavy atom. The first-order valence-electron chi connectivity index (χ1n) is 12.6. The molecule has 0 N–H and O–H groups in total. The number of nitrogens with zero attached hydrogens (tertiary/aromatic N) is 6. The van der Waals surface area contributed by atoms with Crippen LogP contribution in [0.2, 0.25) is 5.15 Å². The van der Waals surface area contributed by atoms with Crippen LogP contribution >= 0.6 is 23.4 Å². The van der Waals surface area contributed by atoms with Crippen LogP contribution in [0.15, 0.2) is 41.6 Å². The number of carbonyl (C=O) groups excluding carboxylic acids is 2. The molecule has 1 aromatic heterocycles. The number of piperazine rings is 1. The molecule has 0 bridgehead atoms. The van der Waals surface area contributed by atoms with E-state index < -0.39 is 5.41 Å². The Labute approximate surface area is 230 Å². The van der Waals surface area contributed by atoms with Gasteiger partial charge >= 0.3 is 0 Å². The number of halogens is 1. The Hall–Kier alpha value is -2.36. The summed E-state index contributed by atoms with van der Waals surface area (Å²) < 4.78 is 0. The summed E-state index contributed by atoms with van der Waals surface area (Å²) in [6, 6.07) is 11.8. The highest BCUT2D eigenvalue weighted by Crippen LogP contribution is 2.26.